The van der Waals surface area contributed by atoms with Gasteiger partial charge in [-0.25, -0.2) is 0 Å². The number of esters is 1. The minimum atomic E-state index is -0.719. The zero-order valence-corrected chi connectivity index (χ0v) is 10.1. The molecule has 0 aliphatic carbocycles. The summed E-state index contributed by atoms with van der Waals surface area (Å²) in [6.45, 7) is 2.36. The first-order chi connectivity index (χ1) is 8.36. The van der Waals surface area contributed by atoms with Crippen molar-refractivity contribution < 1.29 is 24.0 Å². The average molecular weight is 253 g/mol. The monoisotopic (exact) mass is 253 g/mol. The fourth-order valence-electron chi connectivity index (χ4n) is 1.38. The molecule has 0 spiro atoms. The summed E-state index contributed by atoms with van der Waals surface area (Å²) in [6.07, 6.45) is 0. The largest absolute Gasteiger partial charge is 0.493 e. The predicted molar refractivity (Wildman–Crippen MR) is 61.0 cm³/mol. The Hall–Kier alpha value is -2.44. The number of carbonyl (C=O) groups excluding carboxylic acids is 2. The number of benzene rings is 1. The highest BCUT2D eigenvalue weighted by Crippen LogP contribution is 2.34. The molecule has 0 unspecified atom stereocenters. The molecule has 96 valence electrons. The molecule has 0 saturated carbocycles. The van der Waals surface area contributed by atoms with E-state index in [2.05, 4.69) is 0 Å². The molecule has 0 fully saturated rings. The molecule has 18 heavy (non-hydrogen) atoms. The number of ether oxygens (including phenoxy) is 2. The number of Topliss-reactive ketones (excluding diaryl/α,β-unsaturated/α-hetero) is 1. The molecule has 0 aromatic heterocycles. The van der Waals surface area contributed by atoms with Crippen molar-refractivity contribution in [1.82, 2.24) is 0 Å². The van der Waals surface area contributed by atoms with Crippen LogP contribution in [0.25, 0.3) is 0 Å². The van der Waals surface area contributed by atoms with Gasteiger partial charge in [-0.1, -0.05) is 0 Å². The summed E-state index contributed by atoms with van der Waals surface area (Å²) >= 11 is 0. The van der Waals surface area contributed by atoms with E-state index in [1.165, 1.54) is 20.1 Å². The van der Waals surface area contributed by atoms with Crippen molar-refractivity contribution in [3.8, 4) is 11.5 Å². The van der Waals surface area contributed by atoms with Crippen LogP contribution in [0.2, 0.25) is 0 Å². The van der Waals surface area contributed by atoms with Crippen LogP contribution >= 0.6 is 0 Å². The molecular weight excluding hydrogens is 242 g/mol. The third kappa shape index (κ3) is 2.82. The average Bonchev–Trinajstić information content (AvgIpc) is 2.27. The van der Waals surface area contributed by atoms with Gasteiger partial charge in [0.25, 0.3) is 5.69 Å². The van der Waals surface area contributed by atoms with E-state index in [1.807, 2.05) is 0 Å². The normalized spacial score (nSPS) is 9.72. The molecule has 0 amide bonds. The summed E-state index contributed by atoms with van der Waals surface area (Å²) in [5, 5.41) is 10.8. The van der Waals surface area contributed by atoms with Gasteiger partial charge in [-0.2, -0.15) is 0 Å². The SMILES string of the molecule is COc1cc(C(C)=O)c([N+](=O)[O-])cc1OC(C)=O. The Morgan fingerprint density at radius 2 is 1.83 bits per heavy atom. The molecule has 0 aliphatic heterocycles. The van der Waals surface area contributed by atoms with E-state index in [-0.39, 0.29) is 17.1 Å². The highest BCUT2D eigenvalue weighted by Gasteiger charge is 2.23. The van der Waals surface area contributed by atoms with E-state index in [1.54, 1.807) is 0 Å². The van der Waals surface area contributed by atoms with Crippen LogP contribution < -0.4 is 9.47 Å². The molecule has 7 nitrogen and oxygen atoms in total. The lowest BCUT2D eigenvalue weighted by Crippen LogP contribution is -2.06. The van der Waals surface area contributed by atoms with Crippen LogP contribution in [0.4, 0.5) is 5.69 Å². The molecule has 0 aliphatic rings. The van der Waals surface area contributed by atoms with Crippen molar-refractivity contribution in [2.24, 2.45) is 0 Å². The van der Waals surface area contributed by atoms with E-state index in [9.17, 15) is 19.7 Å². The Morgan fingerprint density at radius 1 is 1.22 bits per heavy atom. The highest BCUT2D eigenvalue weighted by atomic mass is 16.6. The van der Waals surface area contributed by atoms with Crippen molar-refractivity contribution in [2.75, 3.05) is 7.11 Å². The number of nitro benzene ring substituents is 1. The summed E-state index contributed by atoms with van der Waals surface area (Å²) in [7, 11) is 1.30. The number of rotatable bonds is 4. The molecule has 7 heteroatoms. The fraction of sp³-hybridized carbons (Fsp3) is 0.273. The van der Waals surface area contributed by atoms with Crippen LogP contribution in [0.3, 0.4) is 0 Å². The zero-order chi connectivity index (χ0) is 13.9. The minimum Gasteiger partial charge on any atom is -0.493 e. The second kappa shape index (κ2) is 5.26. The van der Waals surface area contributed by atoms with Crippen LogP contribution in [0.1, 0.15) is 24.2 Å². The number of hydrogen-bond donors (Lipinski definition) is 0. The first kappa shape index (κ1) is 13.6. The second-order valence-corrected chi connectivity index (χ2v) is 3.43. The third-order valence-electron chi connectivity index (χ3n) is 2.11. The first-order valence-corrected chi connectivity index (χ1v) is 4.92. The van der Waals surface area contributed by atoms with Gasteiger partial charge in [0, 0.05) is 13.0 Å². The Morgan fingerprint density at radius 3 is 2.22 bits per heavy atom. The number of carbonyl (C=O) groups is 2. The van der Waals surface area contributed by atoms with Gasteiger partial charge < -0.3 is 9.47 Å². The van der Waals surface area contributed by atoms with Crippen molar-refractivity contribution in [3.63, 3.8) is 0 Å². The van der Waals surface area contributed by atoms with Crippen LogP contribution in [-0.2, 0) is 4.79 Å². The second-order valence-electron chi connectivity index (χ2n) is 3.43. The van der Waals surface area contributed by atoms with Crippen molar-refractivity contribution >= 4 is 17.4 Å². The standard InChI is InChI=1S/C11H11NO6/c1-6(13)8-4-10(17-3)11(18-7(2)14)5-9(8)12(15)16/h4-5H,1-3H3. The van der Waals surface area contributed by atoms with Gasteiger partial charge in [0.1, 0.15) is 0 Å². The van der Waals surface area contributed by atoms with Crippen molar-refractivity contribution in [2.45, 2.75) is 13.8 Å². The Bertz CT molecular complexity index is 523. The first-order valence-electron chi connectivity index (χ1n) is 4.92. The molecule has 1 aromatic rings. The third-order valence-corrected chi connectivity index (χ3v) is 2.11. The number of nitrogens with zero attached hydrogens (tertiary/aromatic N) is 1. The Labute approximate surface area is 102 Å². The maximum atomic E-state index is 11.3. The fourth-order valence-corrected chi connectivity index (χ4v) is 1.38. The van der Waals surface area contributed by atoms with Gasteiger partial charge in [0.15, 0.2) is 17.3 Å². The molecule has 1 rings (SSSR count). The van der Waals surface area contributed by atoms with Gasteiger partial charge in [0.05, 0.1) is 23.7 Å². The Kier molecular flexibility index (Phi) is 3.98. The predicted octanol–water partition coefficient (Wildman–Crippen LogP) is 1.73. The van der Waals surface area contributed by atoms with E-state index >= 15 is 0 Å². The molecule has 0 heterocycles. The molecular formula is C11H11NO6. The molecule has 0 atom stereocenters. The maximum Gasteiger partial charge on any atom is 0.308 e. The summed E-state index contributed by atoms with van der Waals surface area (Å²) in [4.78, 5) is 32.3. The Balaban J connectivity index is 3.45. The van der Waals surface area contributed by atoms with Crippen LogP contribution in [0, 0.1) is 10.1 Å². The maximum absolute atomic E-state index is 11.3. The van der Waals surface area contributed by atoms with Gasteiger partial charge in [-0.15, -0.1) is 0 Å². The van der Waals surface area contributed by atoms with Gasteiger partial charge in [0.2, 0.25) is 0 Å². The summed E-state index contributed by atoms with van der Waals surface area (Å²) in [5.41, 5.74) is -0.535. The molecule has 0 saturated heterocycles. The van der Waals surface area contributed by atoms with Crippen LogP contribution in [-0.4, -0.2) is 23.8 Å². The number of hydrogen-bond acceptors (Lipinski definition) is 6. The molecule has 0 N–H and O–H groups in total. The molecule has 0 bridgehead atoms. The van der Waals surface area contributed by atoms with Gasteiger partial charge >= 0.3 is 5.97 Å². The van der Waals surface area contributed by atoms with Gasteiger partial charge in [-0.3, -0.25) is 19.7 Å². The van der Waals surface area contributed by atoms with E-state index < -0.39 is 22.4 Å². The zero-order valence-electron chi connectivity index (χ0n) is 10.1. The smallest absolute Gasteiger partial charge is 0.308 e. The summed E-state index contributed by atoms with van der Waals surface area (Å²) in [5.74, 6) is -1.13. The van der Waals surface area contributed by atoms with Crippen LogP contribution in [0.15, 0.2) is 12.1 Å². The van der Waals surface area contributed by atoms with E-state index in [0.29, 0.717) is 0 Å². The van der Waals surface area contributed by atoms with Crippen molar-refractivity contribution in [3.05, 3.63) is 27.8 Å². The summed E-state index contributed by atoms with van der Waals surface area (Å²) < 4.78 is 9.70. The highest BCUT2D eigenvalue weighted by molar-refractivity contribution is 5.99. The van der Waals surface area contributed by atoms with Crippen LogP contribution in [0.5, 0.6) is 11.5 Å². The molecule has 1 aromatic carbocycles. The molecule has 0 radical (unpaired) electrons. The minimum absolute atomic E-state index is 0.0843. The summed E-state index contributed by atoms with van der Waals surface area (Å²) in [6, 6.07) is 2.18. The van der Waals surface area contributed by atoms with E-state index in [0.717, 1.165) is 13.0 Å². The quantitative estimate of drug-likeness (QED) is 0.266. The lowest BCUT2D eigenvalue weighted by molar-refractivity contribution is -0.385. The topological polar surface area (TPSA) is 95.7 Å². The number of ketones is 1. The van der Waals surface area contributed by atoms with E-state index in [4.69, 9.17) is 9.47 Å². The lowest BCUT2D eigenvalue weighted by atomic mass is 10.1. The number of nitro groups is 1. The van der Waals surface area contributed by atoms with Gasteiger partial charge in [-0.05, 0) is 6.92 Å². The number of methoxy groups -OCH3 is 1. The lowest BCUT2D eigenvalue weighted by Gasteiger charge is -2.09. The van der Waals surface area contributed by atoms with Crippen molar-refractivity contribution in [1.29, 1.82) is 0 Å².